The van der Waals surface area contributed by atoms with Crippen molar-refractivity contribution in [3.05, 3.63) is 59.7 Å². The summed E-state index contributed by atoms with van der Waals surface area (Å²) in [6.45, 7) is 2.83. The van der Waals surface area contributed by atoms with Crippen LogP contribution in [0.25, 0.3) is 0 Å². The molecule has 1 heterocycles. The molecule has 2 aromatic rings. The van der Waals surface area contributed by atoms with Crippen LogP contribution in [-0.2, 0) is 11.2 Å². The van der Waals surface area contributed by atoms with Gasteiger partial charge in [-0.1, -0.05) is 62.9 Å². The van der Waals surface area contributed by atoms with Crippen LogP contribution in [0.15, 0.2) is 53.5 Å². The molecule has 2 aliphatic rings. The average molecular weight is 404 g/mol. The average Bonchev–Trinajstić information content (AvgIpc) is 3.05. The minimum atomic E-state index is 0.00826. The third kappa shape index (κ3) is 4.49. The van der Waals surface area contributed by atoms with Gasteiger partial charge in [-0.15, -0.1) is 0 Å². The standard InChI is InChI=1S/C26H33N3O/c1-3-4-10-20-15-17-21(18-16-20)27-25-23-13-8-9-14-24(23)29(26(25)30)19-28(2)22-11-6-5-7-12-22/h8-9,13-18,22H,3-7,10-12,19H2,1-2H3. The molecular weight excluding hydrogens is 370 g/mol. The number of aliphatic imine (C=N–C) groups is 1. The molecule has 0 N–H and O–H groups in total. The van der Waals surface area contributed by atoms with Gasteiger partial charge in [-0.05, 0) is 56.5 Å². The molecule has 0 bridgehead atoms. The number of unbranched alkanes of at least 4 members (excludes halogenated alkanes) is 1. The Balaban J connectivity index is 1.56. The third-order valence-electron chi connectivity index (χ3n) is 6.46. The van der Waals surface area contributed by atoms with E-state index in [0.717, 1.165) is 23.4 Å². The van der Waals surface area contributed by atoms with E-state index in [2.05, 4.69) is 31.0 Å². The summed E-state index contributed by atoms with van der Waals surface area (Å²) in [6, 6.07) is 16.9. The monoisotopic (exact) mass is 403 g/mol. The molecule has 4 nitrogen and oxygen atoms in total. The smallest absolute Gasteiger partial charge is 0.278 e. The number of aryl methyl sites for hydroxylation is 1. The highest BCUT2D eigenvalue weighted by Gasteiger charge is 2.35. The van der Waals surface area contributed by atoms with Crippen LogP contribution in [0.5, 0.6) is 0 Å². The Morgan fingerprint density at radius 3 is 2.50 bits per heavy atom. The van der Waals surface area contributed by atoms with Crippen LogP contribution in [0.3, 0.4) is 0 Å². The molecule has 4 heteroatoms. The van der Waals surface area contributed by atoms with Crippen molar-refractivity contribution in [2.75, 3.05) is 18.6 Å². The highest BCUT2D eigenvalue weighted by Crippen LogP contribution is 2.32. The van der Waals surface area contributed by atoms with Gasteiger partial charge in [0, 0.05) is 11.6 Å². The molecule has 0 unspecified atom stereocenters. The lowest BCUT2D eigenvalue weighted by Gasteiger charge is -2.34. The SMILES string of the molecule is CCCCc1ccc(N=C2C(=O)N(CN(C)C3CCCCC3)c3ccccc32)cc1. The molecule has 1 aliphatic carbocycles. The van der Waals surface area contributed by atoms with Crippen molar-refractivity contribution in [3.8, 4) is 0 Å². The minimum absolute atomic E-state index is 0.00826. The van der Waals surface area contributed by atoms with Gasteiger partial charge in [0.2, 0.25) is 0 Å². The van der Waals surface area contributed by atoms with Crippen LogP contribution in [0.4, 0.5) is 11.4 Å². The molecule has 1 amide bonds. The van der Waals surface area contributed by atoms with Gasteiger partial charge < -0.3 is 0 Å². The third-order valence-corrected chi connectivity index (χ3v) is 6.46. The summed E-state index contributed by atoms with van der Waals surface area (Å²) in [7, 11) is 2.15. The van der Waals surface area contributed by atoms with Gasteiger partial charge in [-0.2, -0.15) is 0 Å². The summed E-state index contributed by atoms with van der Waals surface area (Å²) in [6.07, 6.45) is 9.86. The molecule has 0 spiro atoms. The molecule has 0 radical (unpaired) electrons. The lowest BCUT2D eigenvalue weighted by atomic mass is 9.95. The van der Waals surface area contributed by atoms with Gasteiger partial charge in [-0.25, -0.2) is 4.99 Å². The maximum Gasteiger partial charge on any atom is 0.278 e. The number of nitrogens with zero attached hydrogens (tertiary/aromatic N) is 3. The van der Waals surface area contributed by atoms with Crippen molar-refractivity contribution >= 4 is 23.0 Å². The topological polar surface area (TPSA) is 35.9 Å². The number of amides is 1. The number of carbonyl (C=O) groups is 1. The lowest BCUT2D eigenvalue weighted by Crippen LogP contribution is -2.44. The molecule has 1 fully saturated rings. The Labute approximate surface area is 180 Å². The Morgan fingerprint density at radius 1 is 1.03 bits per heavy atom. The van der Waals surface area contributed by atoms with Crippen molar-refractivity contribution in [2.24, 2.45) is 4.99 Å². The summed E-state index contributed by atoms with van der Waals surface area (Å²) in [5.41, 5.74) is 4.65. The first kappa shape index (κ1) is 20.8. The van der Waals surface area contributed by atoms with Gasteiger partial charge in [-0.3, -0.25) is 14.6 Å². The van der Waals surface area contributed by atoms with Crippen molar-refractivity contribution in [1.82, 2.24) is 4.90 Å². The summed E-state index contributed by atoms with van der Waals surface area (Å²) in [5.74, 6) is 0.00826. The molecular formula is C26H33N3O. The second-order valence-corrected chi connectivity index (χ2v) is 8.67. The van der Waals surface area contributed by atoms with Crippen molar-refractivity contribution < 1.29 is 4.79 Å². The molecule has 30 heavy (non-hydrogen) atoms. The molecule has 0 saturated heterocycles. The van der Waals surface area contributed by atoms with E-state index in [1.54, 1.807) is 0 Å². The van der Waals surface area contributed by atoms with E-state index in [1.807, 2.05) is 41.3 Å². The number of hydrogen-bond acceptors (Lipinski definition) is 3. The summed E-state index contributed by atoms with van der Waals surface area (Å²) in [4.78, 5) is 22.4. The van der Waals surface area contributed by atoms with E-state index < -0.39 is 0 Å². The highest BCUT2D eigenvalue weighted by molar-refractivity contribution is 6.54. The van der Waals surface area contributed by atoms with E-state index in [4.69, 9.17) is 4.99 Å². The number of carbonyl (C=O) groups excluding carboxylic acids is 1. The van der Waals surface area contributed by atoms with E-state index >= 15 is 0 Å². The van der Waals surface area contributed by atoms with Crippen LogP contribution in [-0.4, -0.2) is 36.3 Å². The fourth-order valence-electron chi connectivity index (χ4n) is 4.62. The van der Waals surface area contributed by atoms with Gasteiger partial charge in [0.05, 0.1) is 18.0 Å². The molecule has 0 atom stereocenters. The molecule has 4 rings (SSSR count). The summed E-state index contributed by atoms with van der Waals surface area (Å²) in [5, 5.41) is 0. The second-order valence-electron chi connectivity index (χ2n) is 8.67. The zero-order valence-electron chi connectivity index (χ0n) is 18.3. The first-order valence-corrected chi connectivity index (χ1v) is 11.5. The predicted molar refractivity (Wildman–Crippen MR) is 125 cm³/mol. The van der Waals surface area contributed by atoms with Gasteiger partial charge >= 0.3 is 0 Å². The molecule has 2 aromatic carbocycles. The zero-order valence-corrected chi connectivity index (χ0v) is 18.3. The van der Waals surface area contributed by atoms with Crippen molar-refractivity contribution in [1.29, 1.82) is 0 Å². The number of rotatable bonds is 7. The van der Waals surface area contributed by atoms with Crippen LogP contribution in [0, 0.1) is 0 Å². The Kier molecular flexibility index (Phi) is 6.63. The first-order chi connectivity index (χ1) is 14.7. The zero-order chi connectivity index (χ0) is 20.9. The van der Waals surface area contributed by atoms with E-state index in [1.165, 1.54) is 50.5 Å². The maximum absolute atomic E-state index is 13.4. The van der Waals surface area contributed by atoms with Crippen LogP contribution < -0.4 is 4.90 Å². The number of para-hydroxylation sites is 1. The molecule has 1 aliphatic heterocycles. The molecule has 158 valence electrons. The lowest BCUT2D eigenvalue weighted by molar-refractivity contribution is -0.112. The minimum Gasteiger partial charge on any atom is -0.293 e. The Hall–Kier alpha value is -2.46. The Morgan fingerprint density at radius 2 is 1.77 bits per heavy atom. The quantitative estimate of drug-likeness (QED) is 0.593. The Bertz CT molecular complexity index is 897. The largest absolute Gasteiger partial charge is 0.293 e. The van der Waals surface area contributed by atoms with Crippen LogP contribution in [0.2, 0.25) is 0 Å². The van der Waals surface area contributed by atoms with E-state index in [-0.39, 0.29) is 5.91 Å². The number of anilines is 1. The van der Waals surface area contributed by atoms with E-state index in [0.29, 0.717) is 18.4 Å². The summed E-state index contributed by atoms with van der Waals surface area (Å²) >= 11 is 0. The summed E-state index contributed by atoms with van der Waals surface area (Å²) < 4.78 is 0. The van der Waals surface area contributed by atoms with Crippen LogP contribution >= 0.6 is 0 Å². The first-order valence-electron chi connectivity index (χ1n) is 11.5. The highest BCUT2D eigenvalue weighted by atomic mass is 16.2. The number of hydrogen-bond donors (Lipinski definition) is 0. The van der Waals surface area contributed by atoms with Crippen LogP contribution in [0.1, 0.15) is 63.0 Å². The van der Waals surface area contributed by atoms with E-state index in [9.17, 15) is 4.79 Å². The maximum atomic E-state index is 13.4. The fraction of sp³-hybridized carbons (Fsp3) is 0.462. The van der Waals surface area contributed by atoms with Crippen molar-refractivity contribution in [3.63, 3.8) is 0 Å². The normalized spacial score (nSPS) is 18.4. The van der Waals surface area contributed by atoms with Gasteiger partial charge in [0.15, 0.2) is 0 Å². The second kappa shape index (κ2) is 9.57. The number of benzene rings is 2. The van der Waals surface area contributed by atoms with Gasteiger partial charge in [0.1, 0.15) is 5.71 Å². The number of fused-ring (bicyclic) bond motifs is 1. The van der Waals surface area contributed by atoms with Crippen molar-refractivity contribution in [2.45, 2.75) is 64.3 Å². The predicted octanol–water partition coefficient (Wildman–Crippen LogP) is 5.72. The van der Waals surface area contributed by atoms with Gasteiger partial charge in [0.25, 0.3) is 5.91 Å². The molecule has 1 saturated carbocycles. The fourth-order valence-corrected chi connectivity index (χ4v) is 4.62. The molecule has 0 aromatic heterocycles.